The van der Waals surface area contributed by atoms with Gasteiger partial charge in [-0.05, 0) is 57.5 Å². The van der Waals surface area contributed by atoms with Crippen LogP contribution in [0.25, 0.3) is 34.4 Å². The first kappa shape index (κ1) is 16.6. The van der Waals surface area contributed by atoms with Crippen LogP contribution in [0.2, 0.25) is 0 Å². The van der Waals surface area contributed by atoms with Crippen LogP contribution in [0.1, 0.15) is 41.7 Å². The van der Waals surface area contributed by atoms with E-state index in [4.69, 9.17) is 0 Å². The molecule has 26 heavy (non-hydrogen) atoms. The molecule has 0 aliphatic heterocycles. The summed E-state index contributed by atoms with van der Waals surface area (Å²) in [6.07, 6.45) is 3.83. The zero-order valence-corrected chi connectivity index (χ0v) is 15.8. The predicted molar refractivity (Wildman–Crippen MR) is 114 cm³/mol. The SMILES string of the molecule is C=Cc1cccc(-c2ccc3c(c2)C(C)(C)c2cc(C)ccc2-3)c1C=C. The molecule has 0 amide bonds. The normalized spacial score (nSPS) is 13.8. The fraction of sp³-hybridized carbons (Fsp3) is 0.154. The highest BCUT2D eigenvalue weighted by molar-refractivity contribution is 5.86. The van der Waals surface area contributed by atoms with Gasteiger partial charge in [0.1, 0.15) is 0 Å². The molecule has 1 aliphatic carbocycles. The summed E-state index contributed by atoms with van der Waals surface area (Å²) in [6.45, 7) is 14.8. The molecule has 0 fully saturated rings. The maximum atomic E-state index is 4.02. The summed E-state index contributed by atoms with van der Waals surface area (Å²) in [5.41, 5.74) is 11.6. The van der Waals surface area contributed by atoms with Gasteiger partial charge in [-0.15, -0.1) is 0 Å². The number of aryl methyl sites for hydroxylation is 1. The maximum absolute atomic E-state index is 4.02. The number of hydrogen-bond acceptors (Lipinski definition) is 0. The van der Waals surface area contributed by atoms with Crippen LogP contribution in [0.5, 0.6) is 0 Å². The van der Waals surface area contributed by atoms with Crippen molar-refractivity contribution in [3.05, 3.63) is 95.6 Å². The van der Waals surface area contributed by atoms with Crippen LogP contribution in [0.4, 0.5) is 0 Å². The zero-order chi connectivity index (χ0) is 18.5. The van der Waals surface area contributed by atoms with E-state index in [1.165, 1.54) is 38.9 Å². The third kappa shape index (κ3) is 2.29. The molecule has 0 radical (unpaired) electrons. The minimum Gasteiger partial charge on any atom is -0.0984 e. The highest BCUT2D eigenvalue weighted by atomic mass is 14.4. The van der Waals surface area contributed by atoms with Gasteiger partial charge in [0, 0.05) is 5.41 Å². The Balaban J connectivity index is 1.94. The number of rotatable bonds is 3. The van der Waals surface area contributed by atoms with E-state index in [1.807, 2.05) is 12.2 Å². The van der Waals surface area contributed by atoms with Crippen molar-refractivity contribution in [1.82, 2.24) is 0 Å². The second-order valence-corrected chi connectivity index (χ2v) is 7.65. The van der Waals surface area contributed by atoms with Gasteiger partial charge >= 0.3 is 0 Å². The van der Waals surface area contributed by atoms with Gasteiger partial charge < -0.3 is 0 Å². The Morgan fingerprint density at radius 2 is 1.46 bits per heavy atom. The summed E-state index contributed by atoms with van der Waals surface area (Å²) >= 11 is 0. The van der Waals surface area contributed by atoms with Gasteiger partial charge in [0.2, 0.25) is 0 Å². The lowest BCUT2D eigenvalue weighted by Gasteiger charge is -2.22. The summed E-state index contributed by atoms with van der Waals surface area (Å²) < 4.78 is 0. The van der Waals surface area contributed by atoms with Crippen LogP contribution in [-0.2, 0) is 5.41 Å². The monoisotopic (exact) mass is 336 g/mol. The minimum atomic E-state index is 0.0110. The Labute approximate surface area is 156 Å². The number of hydrogen-bond donors (Lipinski definition) is 0. The average molecular weight is 336 g/mol. The van der Waals surface area contributed by atoms with Crippen molar-refractivity contribution >= 4 is 12.2 Å². The molecule has 0 aromatic heterocycles. The Hall–Kier alpha value is -2.86. The van der Waals surface area contributed by atoms with E-state index >= 15 is 0 Å². The third-order valence-corrected chi connectivity index (χ3v) is 5.71. The molecule has 0 saturated carbocycles. The molecular formula is C26H24. The van der Waals surface area contributed by atoms with Crippen molar-refractivity contribution in [2.75, 3.05) is 0 Å². The van der Waals surface area contributed by atoms with Crippen molar-refractivity contribution in [2.45, 2.75) is 26.2 Å². The van der Waals surface area contributed by atoms with Crippen molar-refractivity contribution in [3.63, 3.8) is 0 Å². The molecule has 4 rings (SSSR count). The number of benzene rings is 3. The van der Waals surface area contributed by atoms with Crippen LogP contribution in [-0.4, -0.2) is 0 Å². The van der Waals surface area contributed by atoms with E-state index in [0.717, 1.165) is 11.1 Å². The summed E-state index contributed by atoms with van der Waals surface area (Å²) in [4.78, 5) is 0. The fourth-order valence-electron chi connectivity index (χ4n) is 4.26. The summed E-state index contributed by atoms with van der Waals surface area (Å²) in [5, 5.41) is 0. The second kappa shape index (κ2) is 5.85. The summed E-state index contributed by atoms with van der Waals surface area (Å²) in [5.74, 6) is 0. The Kier molecular flexibility index (Phi) is 3.73. The maximum Gasteiger partial charge on any atom is 0.0159 e. The fourth-order valence-corrected chi connectivity index (χ4v) is 4.26. The van der Waals surface area contributed by atoms with E-state index in [2.05, 4.69) is 88.5 Å². The van der Waals surface area contributed by atoms with Crippen molar-refractivity contribution < 1.29 is 0 Å². The molecule has 0 bridgehead atoms. The van der Waals surface area contributed by atoms with E-state index in [0.29, 0.717) is 0 Å². The van der Waals surface area contributed by atoms with Gasteiger partial charge in [-0.2, -0.15) is 0 Å². The smallest absolute Gasteiger partial charge is 0.0159 e. The van der Waals surface area contributed by atoms with Gasteiger partial charge in [0.05, 0.1) is 0 Å². The van der Waals surface area contributed by atoms with Crippen LogP contribution in [0.15, 0.2) is 67.8 Å². The lowest BCUT2D eigenvalue weighted by molar-refractivity contribution is 0.660. The third-order valence-electron chi connectivity index (χ3n) is 5.71. The minimum absolute atomic E-state index is 0.0110. The van der Waals surface area contributed by atoms with Crippen molar-refractivity contribution in [3.8, 4) is 22.3 Å². The van der Waals surface area contributed by atoms with Gasteiger partial charge in [-0.3, -0.25) is 0 Å². The molecule has 128 valence electrons. The Morgan fingerprint density at radius 1 is 0.769 bits per heavy atom. The van der Waals surface area contributed by atoms with E-state index in [-0.39, 0.29) is 5.41 Å². The van der Waals surface area contributed by atoms with Gasteiger partial charge in [-0.1, -0.05) is 93.3 Å². The van der Waals surface area contributed by atoms with Crippen molar-refractivity contribution in [2.24, 2.45) is 0 Å². The van der Waals surface area contributed by atoms with Crippen LogP contribution in [0.3, 0.4) is 0 Å². The average Bonchev–Trinajstić information content (AvgIpc) is 2.87. The molecule has 3 aromatic carbocycles. The lowest BCUT2D eigenvalue weighted by atomic mass is 9.81. The first-order valence-corrected chi connectivity index (χ1v) is 9.11. The molecule has 0 spiro atoms. The molecule has 0 N–H and O–H groups in total. The summed E-state index contributed by atoms with van der Waals surface area (Å²) in [7, 11) is 0. The first-order chi connectivity index (χ1) is 12.5. The van der Waals surface area contributed by atoms with Gasteiger partial charge in [-0.25, -0.2) is 0 Å². The highest BCUT2D eigenvalue weighted by Gasteiger charge is 2.35. The zero-order valence-electron chi connectivity index (χ0n) is 15.8. The largest absolute Gasteiger partial charge is 0.0984 e. The van der Waals surface area contributed by atoms with E-state index in [9.17, 15) is 0 Å². The Morgan fingerprint density at radius 3 is 2.15 bits per heavy atom. The molecule has 3 aromatic rings. The topological polar surface area (TPSA) is 0 Å². The lowest BCUT2D eigenvalue weighted by Crippen LogP contribution is -2.15. The molecule has 0 saturated heterocycles. The summed E-state index contributed by atoms with van der Waals surface area (Å²) in [6, 6.07) is 20.0. The molecular weight excluding hydrogens is 312 g/mol. The van der Waals surface area contributed by atoms with Crippen LogP contribution < -0.4 is 0 Å². The van der Waals surface area contributed by atoms with Gasteiger partial charge in [0.25, 0.3) is 0 Å². The van der Waals surface area contributed by atoms with Crippen LogP contribution in [0, 0.1) is 6.92 Å². The van der Waals surface area contributed by atoms with Crippen molar-refractivity contribution in [1.29, 1.82) is 0 Å². The van der Waals surface area contributed by atoms with E-state index in [1.54, 1.807) is 0 Å². The quantitative estimate of drug-likeness (QED) is 0.472. The second-order valence-electron chi connectivity index (χ2n) is 7.65. The molecule has 0 atom stereocenters. The van der Waals surface area contributed by atoms with E-state index < -0.39 is 0 Å². The standard InChI is InChI=1S/C26H24/c1-6-18-9-8-10-21(20(18)7-2)19-12-14-23-22-13-11-17(3)15-24(22)26(4,5)25(23)16-19/h6-16H,1-2H2,3-5H3. The Bertz CT molecular complexity index is 1050. The molecule has 0 unspecified atom stereocenters. The molecule has 0 heteroatoms. The molecule has 1 aliphatic rings. The molecule has 0 heterocycles. The van der Waals surface area contributed by atoms with Crippen LogP contribution >= 0.6 is 0 Å². The molecule has 0 nitrogen and oxygen atoms in total. The van der Waals surface area contributed by atoms with Gasteiger partial charge in [0.15, 0.2) is 0 Å². The first-order valence-electron chi connectivity index (χ1n) is 9.11. The predicted octanol–water partition coefficient (Wildman–Crippen LogP) is 7.25. The highest BCUT2D eigenvalue weighted by Crippen LogP contribution is 2.50. The number of fused-ring (bicyclic) bond motifs is 3.